The molecule has 0 saturated heterocycles. The Labute approximate surface area is 128 Å². The molecule has 0 saturated carbocycles. The molecule has 1 atom stereocenters. The molecule has 6 nitrogen and oxygen atoms in total. The summed E-state index contributed by atoms with van der Waals surface area (Å²) in [5, 5.41) is 0.794. The third-order valence-corrected chi connectivity index (χ3v) is 3.24. The zero-order valence-electron chi connectivity index (χ0n) is 13.1. The van der Waals surface area contributed by atoms with E-state index in [4.69, 9.17) is 13.9 Å². The van der Waals surface area contributed by atoms with Crippen LogP contribution >= 0.6 is 0 Å². The van der Waals surface area contributed by atoms with E-state index < -0.39 is 12.1 Å². The smallest absolute Gasteiger partial charge is 0.375 e. The maximum Gasteiger partial charge on any atom is 0.375 e. The number of benzene rings is 1. The van der Waals surface area contributed by atoms with E-state index in [0.29, 0.717) is 11.1 Å². The zero-order chi connectivity index (χ0) is 16.3. The van der Waals surface area contributed by atoms with Gasteiger partial charge < -0.3 is 18.8 Å². The summed E-state index contributed by atoms with van der Waals surface area (Å²) in [6.07, 6.45) is -0.883. The van der Waals surface area contributed by atoms with E-state index >= 15 is 0 Å². The molecule has 0 radical (unpaired) electrons. The van der Waals surface area contributed by atoms with E-state index in [2.05, 4.69) is 0 Å². The van der Waals surface area contributed by atoms with Gasteiger partial charge in [0.05, 0.1) is 6.61 Å². The first-order valence-corrected chi connectivity index (χ1v) is 6.87. The molecule has 1 aromatic heterocycles. The Kier molecular flexibility index (Phi) is 4.82. The number of likely N-dealkylation sites (N-methyl/N-ethyl adjacent to an activating group) is 1. The predicted octanol–water partition coefficient (Wildman–Crippen LogP) is 2.21. The number of ether oxygens (including phenoxy) is 2. The fraction of sp³-hybridized carbons (Fsp3) is 0.375. The predicted molar refractivity (Wildman–Crippen MR) is 80.5 cm³/mol. The van der Waals surface area contributed by atoms with Gasteiger partial charge >= 0.3 is 5.97 Å². The van der Waals surface area contributed by atoms with Gasteiger partial charge in [-0.05, 0) is 13.0 Å². The van der Waals surface area contributed by atoms with Crippen LogP contribution < -0.4 is 0 Å². The van der Waals surface area contributed by atoms with Gasteiger partial charge in [0.25, 0.3) is 5.91 Å². The first-order chi connectivity index (χ1) is 10.5. The van der Waals surface area contributed by atoms with E-state index in [0.717, 1.165) is 5.39 Å². The van der Waals surface area contributed by atoms with Crippen molar-refractivity contribution in [2.75, 3.05) is 21.2 Å². The minimum absolute atomic E-state index is 0.0708. The molecule has 1 amide bonds. The van der Waals surface area contributed by atoms with Crippen molar-refractivity contribution in [2.24, 2.45) is 0 Å². The third-order valence-electron chi connectivity index (χ3n) is 3.24. The second kappa shape index (κ2) is 6.62. The van der Waals surface area contributed by atoms with Crippen LogP contribution in [0.25, 0.3) is 11.0 Å². The number of rotatable bonds is 5. The summed E-state index contributed by atoms with van der Waals surface area (Å²) < 4.78 is 15.9. The Hall–Kier alpha value is -2.34. The summed E-state index contributed by atoms with van der Waals surface area (Å²) in [5.74, 6) is -0.898. The van der Waals surface area contributed by atoms with Crippen LogP contribution in [0.2, 0.25) is 0 Å². The lowest BCUT2D eigenvalue weighted by atomic mass is 10.1. The molecule has 0 unspecified atom stereocenters. The quantitative estimate of drug-likeness (QED) is 0.792. The van der Waals surface area contributed by atoms with Crippen LogP contribution in [0.3, 0.4) is 0 Å². The maximum absolute atomic E-state index is 12.3. The molecule has 2 aromatic rings. The summed E-state index contributed by atoms with van der Waals surface area (Å²) in [4.78, 5) is 25.5. The Morgan fingerprint density at radius 3 is 2.59 bits per heavy atom. The standard InChI is InChI=1S/C16H19NO5/c1-10(15(18)17(2)3)21-16(19)14-12(9-20-4)11-7-5-6-8-13(11)22-14/h5-8,10H,9H2,1-4H3/t10-/m0/s1. The van der Waals surface area contributed by atoms with E-state index in [-0.39, 0.29) is 18.3 Å². The van der Waals surface area contributed by atoms with Crippen LogP contribution in [0.4, 0.5) is 0 Å². The molecule has 22 heavy (non-hydrogen) atoms. The van der Waals surface area contributed by atoms with Gasteiger partial charge in [-0.15, -0.1) is 0 Å². The second-order valence-corrected chi connectivity index (χ2v) is 5.12. The molecular formula is C16H19NO5. The van der Waals surface area contributed by atoms with Crippen LogP contribution in [0.1, 0.15) is 23.0 Å². The Balaban J connectivity index is 2.31. The number of methoxy groups -OCH3 is 1. The SMILES string of the molecule is COCc1c(C(=O)O[C@@H](C)C(=O)N(C)C)oc2ccccc12. The summed E-state index contributed by atoms with van der Waals surface area (Å²) in [6, 6.07) is 7.28. The van der Waals surface area contributed by atoms with Crippen molar-refractivity contribution < 1.29 is 23.5 Å². The fourth-order valence-electron chi connectivity index (χ4n) is 2.18. The molecule has 6 heteroatoms. The number of carbonyl (C=O) groups excluding carboxylic acids is 2. The molecule has 0 aliphatic carbocycles. The van der Waals surface area contributed by atoms with Crippen molar-refractivity contribution in [3.8, 4) is 0 Å². The minimum atomic E-state index is -0.883. The molecule has 1 heterocycles. The summed E-state index contributed by atoms with van der Waals surface area (Å²) in [7, 11) is 4.74. The highest BCUT2D eigenvalue weighted by Gasteiger charge is 2.26. The molecule has 0 N–H and O–H groups in total. The molecule has 118 valence electrons. The summed E-state index contributed by atoms with van der Waals surface area (Å²) >= 11 is 0. The maximum atomic E-state index is 12.3. The lowest BCUT2D eigenvalue weighted by molar-refractivity contribution is -0.137. The number of carbonyl (C=O) groups is 2. The van der Waals surface area contributed by atoms with Crippen molar-refractivity contribution in [3.05, 3.63) is 35.6 Å². The summed E-state index contributed by atoms with van der Waals surface area (Å²) in [5.41, 5.74) is 1.20. The highest BCUT2D eigenvalue weighted by Crippen LogP contribution is 2.27. The van der Waals surface area contributed by atoms with Gasteiger partial charge in [-0.2, -0.15) is 0 Å². The third kappa shape index (κ3) is 3.12. The van der Waals surface area contributed by atoms with E-state index in [9.17, 15) is 9.59 Å². The summed E-state index contributed by atoms with van der Waals surface area (Å²) in [6.45, 7) is 1.75. The highest BCUT2D eigenvalue weighted by atomic mass is 16.6. The van der Waals surface area contributed by atoms with Crippen molar-refractivity contribution in [1.82, 2.24) is 4.90 Å². The van der Waals surface area contributed by atoms with Crippen LogP contribution in [-0.2, 0) is 20.9 Å². The molecular weight excluding hydrogens is 286 g/mol. The van der Waals surface area contributed by atoms with Gasteiger partial charge in [0, 0.05) is 32.2 Å². The number of esters is 1. The Morgan fingerprint density at radius 2 is 1.95 bits per heavy atom. The first kappa shape index (κ1) is 16.0. The normalized spacial score (nSPS) is 12.2. The topological polar surface area (TPSA) is 69.0 Å². The minimum Gasteiger partial charge on any atom is -0.449 e. The average Bonchev–Trinajstić information content (AvgIpc) is 2.86. The largest absolute Gasteiger partial charge is 0.449 e. The molecule has 0 aliphatic heterocycles. The van der Waals surface area contributed by atoms with Gasteiger partial charge in [-0.1, -0.05) is 18.2 Å². The molecule has 1 aromatic carbocycles. The van der Waals surface area contributed by atoms with Crippen molar-refractivity contribution in [1.29, 1.82) is 0 Å². The average molecular weight is 305 g/mol. The van der Waals surface area contributed by atoms with Gasteiger partial charge in [0.2, 0.25) is 5.76 Å². The number of hydrogen-bond donors (Lipinski definition) is 0. The number of amides is 1. The monoisotopic (exact) mass is 305 g/mol. The molecule has 0 spiro atoms. The Morgan fingerprint density at radius 1 is 1.27 bits per heavy atom. The number of para-hydroxylation sites is 1. The van der Waals surface area contributed by atoms with Crippen LogP contribution in [-0.4, -0.2) is 44.1 Å². The van der Waals surface area contributed by atoms with Crippen LogP contribution in [0, 0.1) is 0 Å². The van der Waals surface area contributed by atoms with Gasteiger partial charge in [0.15, 0.2) is 6.10 Å². The van der Waals surface area contributed by atoms with Gasteiger partial charge in [0.1, 0.15) is 5.58 Å². The Bertz CT molecular complexity index is 689. The van der Waals surface area contributed by atoms with E-state index in [1.165, 1.54) is 18.9 Å². The van der Waals surface area contributed by atoms with E-state index in [1.54, 1.807) is 20.2 Å². The van der Waals surface area contributed by atoms with Crippen LogP contribution in [0.5, 0.6) is 0 Å². The van der Waals surface area contributed by atoms with Gasteiger partial charge in [-0.3, -0.25) is 4.79 Å². The number of hydrogen-bond acceptors (Lipinski definition) is 5. The van der Waals surface area contributed by atoms with Crippen molar-refractivity contribution in [2.45, 2.75) is 19.6 Å². The van der Waals surface area contributed by atoms with Gasteiger partial charge in [-0.25, -0.2) is 4.79 Å². The second-order valence-electron chi connectivity index (χ2n) is 5.12. The van der Waals surface area contributed by atoms with Crippen molar-refractivity contribution >= 4 is 22.8 Å². The zero-order valence-corrected chi connectivity index (χ0v) is 13.1. The lowest BCUT2D eigenvalue weighted by Gasteiger charge is -2.16. The molecule has 0 aliphatic rings. The number of fused-ring (bicyclic) bond motifs is 1. The fourth-order valence-corrected chi connectivity index (χ4v) is 2.18. The first-order valence-electron chi connectivity index (χ1n) is 6.87. The highest BCUT2D eigenvalue weighted by molar-refractivity contribution is 5.97. The van der Waals surface area contributed by atoms with E-state index in [1.807, 2.05) is 18.2 Å². The number of furan rings is 1. The van der Waals surface area contributed by atoms with Crippen molar-refractivity contribution in [3.63, 3.8) is 0 Å². The molecule has 2 rings (SSSR count). The van der Waals surface area contributed by atoms with Crippen LogP contribution in [0.15, 0.2) is 28.7 Å². The molecule has 0 bridgehead atoms. The number of nitrogens with zero attached hydrogens (tertiary/aromatic N) is 1. The molecule has 0 fully saturated rings. The lowest BCUT2D eigenvalue weighted by Crippen LogP contribution is -2.35.